The molecular weight excluding hydrogens is 372 g/mol. The molecule has 0 spiro atoms. The molecule has 0 aliphatic rings. The fraction of sp³-hybridized carbons (Fsp3) is 0.391. The van der Waals surface area contributed by atoms with Gasteiger partial charge in [-0.15, -0.1) is 0 Å². The molecule has 0 heterocycles. The highest BCUT2D eigenvalue weighted by molar-refractivity contribution is 6.31. The minimum absolute atomic E-state index is 0.0959. The number of carbonyl (C=O) groups excluding carboxylic acids is 2. The van der Waals surface area contributed by atoms with Gasteiger partial charge < -0.3 is 10.2 Å². The third-order valence-corrected chi connectivity index (χ3v) is 5.12. The van der Waals surface area contributed by atoms with E-state index >= 15 is 0 Å². The Hall–Kier alpha value is -2.33. The van der Waals surface area contributed by atoms with Crippen LogP contribution in [-0.2, 0) is 22.6 Å². The monoisotopic (exact) mass is 400 g/mol. The predicted octanol–water partition coefficient (Wildman–Crippen LogP) is 4.38. The first-order chi connectivity index (χ1) is 13.3. The molecule has 0 aliphatic carbocycles. The van der Waals surface area contributed by atoms with E-state index in [0.29, 0.717) is 24.0 Å². The molecule has 5 heteroatoms. The summed E-state index contributed by atoms with van der Waals surface area (Å²) in [6.45, 7) is 8.70. The van der Waals surface area contributed by atoms with E-state index in [1.807, 2.05) is 63.2 Å². The molecule has 0 aromatic heterocycles. The maximum atomic E-state index is 13.2. The van der Waals surface area contributed by atoms with Crippen molar-refractivity contribution in [3.8, 4) is 0 Å². The number of hydrogen-bond donors (Lipinski definition) is 1. The molecule has 150 valence electrons. The molecule has 2 amide bonds. The summed E-state index contributed by atoms with van der Waals surface area (Å²) < 4.78 is 0. The van der Waals surface area contributed by atoms with Crippen LogP contribution in [0.1, 0.15) is 37.5 Å². The Balaban J connectivity index is 2.24. The van der Waals surface area contributed by atoms with Gasteiger partial charge in [-0.3, -0.25) is 9.59 Å². The van der Waals surface area contributed by atoms with Gasteiger partial charge in [0.25, 0.3) is 0 Å². The van der Waals surface area contributed by atoms with Gasteiger partial charge in [0.15, 0.2) is 0 Å². The Morgan fingerprint density at radius 1 is 1.00 bits per heavy atom. The van der Waals surface area contributed by atoms with Gasteiger partial charge in [-0.1, -0.05) is 67.9 Å². The second-order valence-electron chi connectivity index (χ2n) is 7.53. The number of amides is 2. The van der Waals surface area contributed by atoms with E-state index in [9.17, 15) is 9.59 Å². The van der Waals surface area contributed by atoms with Crippen molar-refractivity contribution in [2.45, 2.75) is 46.7 Å². The van der Waals surface area contributed by atoms with E-state index in [-0.39, 0.29) is 18.2 Å². The van der Waals surface area contributed by atoms with Crippen molar-refractivity contribution in [1.82, 2.24) is 10.2 Å². The van der Waals surface area contributed by atoms with Gasteiger partial charge in [0.05, 0.1) is 6.42 Å². The van der Waals surface area contributed by atoms with E-state index in [0.717, 1.165) is 16.7 Å². The minimum atomic E-state index is -0.591. The average molecular weight is 401 g/mol. The molecule has 0 aliphatic heterocycles. The Kier molecular flexibility index (Phi) is 8.06. The zero-order valence-electron chi connectivity index (χ0n) is 17.0. The minimum Gasteiger partial charge on any atom is -0.354 e. The molecule has 2 aromatic carbocycles. The number of nitrogens with one attached hydrogen (secondary N) is 1. The highest BCUT2D eigenvalue weighted by Gasteiger charge is 2.27. The Morgan fingerprint density at radius 3 is 2.21 bits per heavy atom. The van der Waals surface area contributed by atoms with Gasteiger partial charge in [-0.25, -0.2) is 0 Å². The number of carbonyl (C=O) groups is 2. The Labute approximate surface area is 172 Å². The summed E-state index contributed by atoms with van der Waals surface area (Å²) in [5.41, 5.74) is 2.85. The number of nitrogens with zero attached hydrogens (tertiary/aromatic N) is 1. The average Bonchev–Trinajstić information content (AvgIpc) is 2.66. The number of aryl methyl sites for hydroxylation is 1. The lowest BCUT2D eigenvalue weighted by molar-refractivity contribution is -0.140. The fourth-order valence-electron chi connectivity index (χ4n) is 2.92. The number of rotatable bonds is 8. The molecule has 1 atom stereocenters. The van der Waals surface area contributed by atoms with E-state index in [2.05, 4.69) is 5.32 Å². The van der Waals surface area contributed by atoms with Crippen LogP contribution in [0.25, 0.3) is 0 Å². The van der Waals surface area contributed by atoms with Crippen molar-refractivity contribution < 1.29 is 9.59 Å². The molecule has 0 saturated heterocycles. The Morgan fingerprint density at radius 2 is 1.61 bits per heavy atom. The zero-order valence-corrected chi connectivity index (χ0v) is 17.8. The summed E-state index contributed by atoms with van der Waals surface area (Å²) in [5, 5.41) is 3.52. The van der Waals surface area contributed by atoms with Gasteiger partial charge >= 0.3 is 0 Å². The first-order valence-electron chi connectivity index (χ1n) is 9.64. The predicted molar refractivity (Wildman–Crippen MR) is 114 cm³/mol. The van der Waals surface area contributed by atoms with E-state index < -0.39 is 6.04 Å². The van der Waals surface area contributed by atoms with Crippen LogP contribution in [0.5, 0.6) is 0 Å². The second kappa shape index (κ2) is 10.3. The quantitative estimate of drug-likeness (QED) is 0.714. The van der Waals surface area contributed by atoms with Crippen molar-refractivity contribution in [3.05, 3.63) is 70.2 Å². The van der Waals surface area contributed by atoms with Crippen LogP contribution in [0.4, 0.5) is 0 Å². The first kappa shape index (κ1) is 22.0. The smallest absolute Gasteiger partial charge is 0.242 e. The van der Waals surface area contributed by atoms with Crippen LogP contribution < -0.4 is 5.32 Å². The van der Waals surface area contributed by atoms with E-state index in [1.165, 1.54) is 0 Å². The molecule has 0 radical (unpaired) electrons. The van der Waals surface area contributed by atoms with Crippen molar-refractivity contribution in [2.75, 3.05) is 6.54 Å². The van der Waals surface area contributed by atoms with Crippen LogP contribution >= 0.6 is 11.6 Å². The van der Waals surface area contributed by atoms with Gasteiger partial charge in [0, 0.05) is 18.1 Å². The summed E-state index contributed by atoms with van der Waals surface area (Å²) in [6, 6.07) is 14.6. The summed E-state index contributed by atoms with van der Waals surface area (Å²) in [6.07, 6.45) is 0.249. The molecule has 0 saturated carbocycles. The summed E-state index contributed by atoms with van der Waals surface area (Å²) in [7, 11) is 0. The SMILES string of the molecule is Cc1ccccc1CC(=O)N(Cc1ccccc1Cl)[C@H](C)C(=O)NCC(C)C. The molecule has 28 heavy (non-hydrogen) atoms. The maximum absolute atomic E-state index is 13.2. The topological polar surface area (TPSA) is 49.4 Å². The third-order valence-electron chi connectivity index (χ3n) is 4.75. The molecule has 0 bridgehead atoms. The summed E-state index contributed by atoms with van der Waals surface area (Å²) >= 11 is 6.31. The van der Waals surface area contributed by atoms with Crippen LogP contribution in [0, 0.1) is 12.8 Å². The van der Waals surface area contributed by atoms with Crippen LogP contribution in [0.15, 0.2) is 48.5 Å². The maximum Gasteiger partial charge on any atom is 0.242 e. The van der Waals surface area contributed by atoms with Crippen molar-refractivity contribution in [2.24, 2.45) is 5.92 Å². The van der Waals surface area contributed by atoms with Crippen molar-refractivity contribution >= 4 is 23.4 Å². The number of halogens is 1. The van der Waals surface area contributed by atoms with Gasteiger partial charge in [-0.2, -0.15) is 0 Å². The van der Waals surface area contributed by atoms with Gasteiger partial charge in [0.1, 0.15) is 6.04 Å². The molecule has 2 aromatic rings. The highest BCUT2D eigenvalue weighted by atomic mass is 35.5. The molecule has 4 nitrogen and oxygen atoms in total. The molecule has 2 rings (SSSR count). The summed E-state index contributed by atoms with van der Waals surface area (Å²) in [4.78, 5) is 27.4. The lowest BCUT2D eigenvalue weighted by atomic mass is 10.0. The van der Waals surface area contributed by atoms with E-state index in [1.54, 1.807) is 17.9 Å². The first-order valence-corrected chi connectivity index (χ1v) is 10.0. The molecule has 0 fully saturated rings. The van der Waals surface area contributed by atoms with Crippen molar-refractivity contribution in [3.63, 3.8) is 0 Å². The largest absolute Gasteiger partial charge is 0.354 e. The zero-order chi connectivity index (χ0) is 20.7. The molecule has 0 unspecified atom stereocenters. The lowest BCUT2D eigenvalue weighted by Crippen LogP contribution is -2.48. The van der Waals surface area contributed by atoms with Crippen LogP contribution in [-0.4, -0.2) is 29.3 Å². The Bertz CT molecular complexity index is 820. The molecular formula is C23H29ClN2O2. The number of hydrogen-bond acceptors (Lipinski definition) is 2. The normalized spacial score (nSPS) is 11.9. The van der Waals surface area contributed by atoms with Crippen LogP contribution in [0.2, 0.25) is 5.02 Å². The number of benzene rings is 2. The van der Waals surface area contributed by atoms with Crippen molar-refractivity contribution in [1.29, 1.82) is 0 Å². The third kappa shape index (κ3) is 6.10. The van der Waals surface area contributed by atoms with E-state index in [4.69, 9.17) is 11.6 Å². The lowest BCUT2D eigenvalue weighted by Gasteiger charge is -2.29. The van der Waals surface area contributed by atoms with Gasteiger partial charge in [-0.05, 0) is 42.5 Å². The van der Waals surface area contributed by atoms with Gasteiger partial charge in [0.2, 0.25) is 11.8 Å². The fourth-order valence-corrected chi connectivity index (χ4v) is 3.11. The highest BCUT2D eigenvalue weighted by Crippen LogP contribution is 2.20. The van der Waals surface area contributed by atoms with Crippen LogP contribution in [0.3, 0.4) is 0 Å². The standard InChI is InChI=1S/C23H29ClN2O2/c1-16(2)14-25-23(28)18(4)26(15-20-11-7-8-12-21(20)24)22(27)13-19-10-6-5-9-17(19)3/h5-12,16,18H,13-15H2,1-4H3,(H,25,28)/t18-/m1/s1. The molecule has 1 N–H and O–H groups in total. The second-order valence-corrected chi connectivity index (χ2v) is 7.94. The summed E-state index contributed by atoms with van der Waals surface area (Å²) in [5.74, 6) is 0.0936.